The van der Waals surface area contributed by atoms with E-state index in [1.54, 1.807) is 11.1 Å². The SMILES string of the molecule is CC(C)(C)[Si](OCC1OCC(n2cc(C=CBr)c(=O)[nH]c2=O)O1)(c1ccccc1)c1ccccc1. The van der Waals surface area contributed by atoms with Gasteiger partial charge < -0.3 is 13.9 Å². The van der Waals surface area contributed by atoms with Crippen LogP contribution in [0.5, 0.6) is 0 Å². The number of nitrogens with zero attached hydrogens (tertiary/aromatic N) is 1. The monoisotopic (exact) mass is 556 g/mol. The fraction of sp³-hybridized carbons (Fsp3) is 0.308. The lowest BCUT2D eigenvalue weighted by atomic mass is 10.2. The Morgan fingerprint density at radius 3 is 2.23 bits per heavy atom. The van der Waals surface area contributed by atoms with Crippen LogP contribution in [0.1, 0.15) is 32.6 Å². The largest absolute Gasteiger partial charge is 0.402 e. The second-order valence-electron chi connectivity index (χ2n) is 9.37. The van der Waals surface area contributed by atoms with Gasteiger partial charge in [0, 0.05) is 6.20 Å². The van der Waals surface area contributed by atoms with Crippen LogP contribution in [0.3, 0.4) is 0 Å². The lowest BCUT2D eigenvalue weighted by molar-refractivity contribution is -0.0956. The summed E-state index contributed by atoms with van der Waals surface area (Å²) < 4.78 is 20.2. The van der Waals surface area contributed by atoms with Gasteiger partial charge in [0.2, 0.25) is 0 Å². The maximum absolute atomic E-state index is 12.4. The van der Waals surface area contributed by atoms with Gasteiger partial charge in [-0.15, -0.1) is 0 Å². The van der Waals surface area contributed by atoms with Gasteiger partial charge in [-0.25, -0.2) is 4.79 Å². The van der Waals surface area contributed by atoms with E-state index >= 15 is 0 Å². The van der Waals surface area contributed by atoms with Crippen molar-refractivity contribution in [1.82, 2.24) is 9.55 Å². The number of hydrogen-bond acceptors (Lipinski definition) is 5. The third-order valence-electron chi connectivity index (χ3n) is 6.13. The minimum absolute atomic E-state index is 0.165. The minimum Gasteiger partial charge on any atom is -0.402 e. The molecule has 2 unspecified atom stereocenters. The quantitative estimate of drug-likeness (QED) is 0.451. The molecule has 2 atom stereocenters. The Bertz CT molecular complexity index is 1250. The molecule has 1 fully saturated rings. The number of halogens is 1. The molecular weight excluding hydrogens is 528 g/mol. The molecule has 184 valence electrons. The predicted molar refractivity (Wildman–Crippen MR) is 143 cm³/mol. The Morgan fingerprint density at radius 2 is 1.69 bits per heavy atom. The van der Waals surface area contributed by atoms with Crippen molar-refractivity contribution in [2.45, 2.75) is 38.3 Å². The predicted octanol–water partition coefficient (Wildman–Crippen LogP) is 3.35. The molecule has 4 rings (SSSR count). The molecule has 3 aromatic rings. The molecule has 0 spiro atoms. The molecule has 0 saturated carbocycles. The molecular formula is C26H29BrN2O5Si. The molecule has 2 heterocycles. The van der Waals surface area contributed by atoms with Gasteiger partial charge >= 0.3 is 5.69 Å². The van der Waals surface area contributed by atoms with Crippen molar-refractivity contribution in [2.24, 2.45) is 0 Å². The Balaban J connectivity index is 1.61. The van der Waals surface area contributed by atoms with Crippen LogP contribution in [-0.4, -0.2) is 37.4 Å². The maximum atomic E-state index is 12.4. The fourth-order valence-corrected chi connectivity index (χ4v) is 9.36. The van der Waals surface area contributed by atoms with E-state index in [9.17, 15) is 9.59 Å². The number of ether oxygens (including phenoxy) is 2. The van der Waals surface area contributed by atoms with E-state index < -0.39 is 32.1 Å². The van der Waals surface area contributed by atoms with Crippen LogP contribution >= 0.6 is 15.9 Å². The van der Waals surface area contributed by atoms with Crippen molar-refractivity contribution in [1.29, 1.82) is 0 Å². The molecule has 35 heavy (non-hydrogen) atoms. The van der Waals surface area contributed by atoms with E-state index in [4.69, 9.17) is 13.9 Å². The Kier molecular flexibility index (Phi) is 7.73. The van der Waals surface area contributed by atoms with Crippen LogP contribution in [0.2, 0.25) is 5.04 Å². The molecule has 7 nitrogen and oxygen atoms in total. The van der Waals surface area contributed by atoms with E-state index in [-0.39, 0.29) is 18.3 Å². The molecule has 1 aliphatic heterocycles. The van der Waals surface area contributed by atoms with E-state index in [0.29, 0.717) is 5.56 Å². The minimum atomic E-state index is -2.75. The average molecular weight is 558 g/mol. The van der Waals surface area contributed by atoms with E-state index in [1.807, 2.05) is 36.4 Å². The lowest BCUT2D eigenvalue weighted by Crippen LogP contribution is -2.67. The highest BCUT2D eigenvalue weighted by Crippen LogP contribution is 2.37. The second kappa shape index (κ2) is 10.6. The van der Waals surface area contributed by atoms with Gasteiger partial charge in [-0.3, -0.25) is 14.3 Å². The highest BCUT2D eigenvalue weighted by atomic mass is 79.9. The van der Waals surface area contributed by atoms with Crippen molar-refractivity contribution in [2.75, 3.05) is 13.2 Å². The smallest absolute Gasteiger partial charge is 0.330 e. The van der Waals surface area contributed by atoms with Gasteiger partial charge in [0.05, 0.1) is 18.8 Å². The Hall–Kier alpha value is -2.56. The third-order valence-corrected chi connectivity index (χ3v) is 11.4. The van der Waals surface area contributed by atoms with Crippen molar-refractivity contribution in [3.8, 4) is 0 Å². The van der Waals surface area contributed by atoms with E-state index in [2.05, 4.69) is 66.0 Å². The Labute approximate surface area is 213 Å². The van der Waals surface area contributed by atoms with Crippen LogP contribution in [0.4, 0.5) is 0 Å². The van der Waals surface area contributed by atoms with Gasteiger partial charge in [-0.05, 0) is 26.5 Å². The lowest BCUT2D eigenvalue weighted by Gasteiger charge is -2.43. The summed E-state index contributed by atoms with van der Waals surface area (Å²) in [6.45, 7) is 6.99. The van der Waals surface area contributed by atoms with Crippen molar-refractivity contribution >= 4 is 40.7 Å². The first kappa shape index (κ1) is 25.5. The van der Waals surface area contributed by atoms with E-state index in [1.165, 1.54) is 10.8 Å². The summed E-state index contributed by atoms with van der Waals surface area (Å²) in [6, 6.07) is 20.7. The van der Waals surface area contributed by atoms with E-state index in [0.717, 1.165) is 10.4 Å². The van der Waals surface area contributed by atoms with Crippen molar-refractivity contribution < 1.29 is 13.9 Å². The standard InChI is InChI=1S/C26H29BrN2O5Si/c1-26(2,3)35(20-10-6-4-7-11-20,21-12-8-5-9-13-21)33-18-23-32-17-22(34-23)29-16-19(14-15-27)24(30)28-25(29)31/h4-16,22-23H,17-18H2,1-3H3,(H,28,30,31). The molecule has 0 radical (unpaired) electrons. The molecule has 0 bridgehead atoms. The maximum Gasteiger partial charge on any atom is 0.330 e. The normalized spacial score (nSPS) is 18.9. The molecule has 1 aromatic heterocycles. The number of aromatic nitrogens is 2. The zero-order valence-electron chi connectivity index (χ0n) is 19.9. The first-order valence-electron chi connectivity index (χ1n) is 11.4. The van der Waals surface area contributed by atoms with Crippen LogP contribution in [0, 0.1) is 0 Å². The third kappa shape index (κ3) is 5.19. The zero-order valence-corrected chi connectivity index (χ0v) is 22.5. The molecule has 1 aliphatic rings. The number of aromatic amines is 1. The summed E-state index contributed by atoms with van der Waals surface area (Å²) in [5.74, 6) is 0. The number of rotatable bonds is 7. The summed E-state index contributed by atoms with van der Waals surface area (Å²) in [5, 5.41) is 2.15. The molecule has 1 saturated heterocycles. The number of H-pyrrole nitrogens is 1. The van der Waals surface area contributed by atoms with Crippen LogP contribution in [0.25, 0.3) is 6.08 Å². The van der Waals surface area contributed by atoms with Gasteiger partial charge in [0.15, 0.2) is 12.5 Å². The number of nitrogens with one attached hydrogen (secondary N) is 1. The molecule has 2 aromatic carbocycles. The van der Waals surface area contributed by atoms with Crippen LogP contribution in [0.15, 0.2) is 81.4 Å². The number of benzene rings is 2. The molecule has 1 N–H and O–H groups in total. The van der Waals surface area contributed by atoms with Gasteiger partial charge in [-0.1, -0.05) is 97.4 Å². The first-order chi connectivity index (χ1) is 16.8. The summed E-state index contributed by atoms with van der Waals surface area (Å²) in [7, 11) is -2.75. The summed E-state index contributed by atoms with van der Waals surface area (Å²) in [6.07, 6.45) is 1.71. The van der Waals surface area contributed by atoms with Gasteiger partial charge in [0.1, 0.15) is 0 Å². The van der Waals surface area contributed by atoms with Gasteiger partial charge in [-0.2, -0.15) is 0 Å². The van der Waals surface area contributed by atoms with Crippen molar-refractivity contribution in [3.63, 3.8) is 0 Å². The van der Waals surface area contributed by atoms with Crippen LogP contribution < -0.4 is 21.6 Å². The summed E-state index contributed by atoms with van der Waals surface area (Å²) in [5.41, 5.74) is -0.687. The summed E-state index contributed by atoms with van der Waals surface area (Å²) >= 11 is 3.16. The average Bonchev–Trinajstić information content (AvgIpc) is 3.30. The Morgan fingerprint density at radius 1 is 1.09 bits per heavy atom. The molecule has 0 aliphatic carbocycles. The fourth-order valence-electron chi connectivity index (χ4n) is 4.53. The first-order valence-corrected chi connectivity index (χ1v) is 14.2. The van der Waals surface area contributed by atoms with Crippen molar-refractivity contribution in [3.05, 3.63) is 98.2 Å². The summed E-state index contributed by atoms with van der Waals surface area (Å²) in [4.78, 5) is 28.3. The molecule has 9 heteroatoms. The molecule has 0 amide bonds. The second-order valence-corrected chi connectivity index (χ2v) is 14.2. The zero-order chi connectivity index (χ0) is 25.1. The highest BCUT2D eigenvalue weighted by Gasteiger charge is 2.50. The topological polar surface area (TPSA) is 82.5 Å². The highest BCUT2D eigenvalue weighted by molar-refractivity contribution is 9.11. The van der Waals surface area contributed by atoms with Crippen LogP contribution in [-0.2, 0) is 13.9 Å². The number of hydrogen-bond donors (Lipinski definition) is 1. The van der Waals surface area contributed by atoms with Gasteiger partial charge in [0.25, 0.3) is 13.9 Å².